The largest absolute Gasteiger partial charge is 0.396 e. The summed E-state index contributed by atoms with van der Waals surface area (Å²) in [5, 5.41) is 53.9. The topological polar surface area (TPSA) is 118 Å². The Kier molecular flexibility index (Phi) is 6.92. The lowest BCUT2D eigenvalue weighted by Gasteiger charge is -2.60. The average molecular weight is 479 g/mol. The molecular weight excluding hydrogens is 432 g/mol. The lowest BCUT2D eigenvalue weighted by Crippen LogP contribution is -2.61. The van der Waals surface area contributed by atoms with Gasteiger partial charge in [-0.05, 0) is 91.6 Å². The highest BCUT2D eigenvalue weighted by atomic mass is 16.3. The summed E-state index contributed by atoms with van der Waals surface area (Å²) < 4.78 is 0. The maximum absolute atomic E-state index is 13.3. The zero-order valence-corrected chi connectivity index (χ0v) is 21.6. The predicted octanol–water partition coefficient (Wildman–Crippen LogP) is 2.84. The van der Waals surface area contributed by atoms with Crippen molar-refractivity contribution in [2.24, 2.45) is 46.3 Å². The molecule has 6 heteroatoms. The van der Waals surface area contributed by atoms with Crippen LogP contribution in [0.15, 0.2) is 11.6 Å². The zero-order valence-electron chi connectivity index (χ0n) is 21.6. The smallest absolute Gasteiger partial charge is 0.159 e. The van der Waals surface area contributed by atoms with Gasteiger partial charge in [-0.15, -0.1) is 0 Å². The summed E-state index contributed by atoms with van der Waals surface area (Å²) in [6, 6.07) is 0. The van der Waals surface area contributed by atoms with E-state index in [1.807, 2.05) is 0 Å². The standard InChI is InChI=1S/C28H46O6/c1-15(2)17(14-29)10-22(30)16(3)18-7-9-28(34)20-11-23(31)21-12-24(32)25(33)13-26(21,4)19(20)6-8-27(18,28)5/h11,15-19,21-22,24-25,29-30,32-34H,6-10,12-14H2,1-5H3/t16-,17+,18+,19-,21-,22+,24+,25-,26+,27+,28+/m0/s1. The van der Waals surface area contributed by atoms with Gasteiger partial charge in [0.25, 0.3) is 0 Å². The summed E-state index contributed by atoms with van der Waals surface area (Å²) in [6.07, 6.45) is 3.60. The van der Waals surface area contributed by atoms with Gasteiger partial charge >= 0.3 is 0 Å². The number of rotatable bonds is 6. The summed E-state index contributed by atoms with van der Waals surface area (Å²) in [5.74, 6) is 0.0704. The van der Waals surface area contributed by atoms with Crippen molar-refractivity contribution in [1.29, 1.82) is 0 Å². The summed E-state index contributed by atoms with van der Waals surface area (Å²) in [5.41, 5.74) is -1.19. The second kappa shape index (κ2) is 8.95. The zero-order chi connectivity index (χ0) is 25.2. The van der Waals surface area contributed by atoms with Gasteiger partial charge in [-0.25, -0.2) is 0 Å². The van der Waals surface area contributed by atoms with Crippen LogP contribution in [0.25, 0.3) is 0 Å². The molecule has 3 fully saturated rings. The quantitative estimate of drug-likeness (QED) is 0.401. The monoisotopic (exact) mass is 478 g/mol. The molecule has 0 unspecified atom stereocenters. The summed E-state index contributed by atoms with van der Waals surface area (Å²) >= 11 is 0. The molecule has 0 saturated heterocycles. The van der Waals surface area contributed by atoms with E-state index in [0.717, 1.165) is 24.8 Å². The van der Waals surface area contributed by atoms with Gasteiger partial charge in [0.1, 0.15) is 0 Å². The molecule has 34 heavy (non-hydrogen) atoms. The Labute approximate surface area is 204 Å². The molecule has 0 aromatic carbocycles. The van der Waals surface area contributed by atoms with Gasteiger partial charge in [0, 0.05) is 17.9 Å². The first-order chi connectivity index (χ1) is 15.8. The molecule has 4 aliphatic rings. The van der Waals surface area contributed by atoms with Crippen molar-refractivity contribution in [2.45, 2.75) is 103 Å². The van der Waals surface area contributed by atoms with Crippen LogP contribution in [0.4, 0.5) is 0 Å². The van der Waals surface area contributed by atoms with Gasteiger partial charge in [-0.2, -0.15) is 0 Å². The number of hydrogen-bond acceptors (Lipinski definition) is 6. The Hall–Kier alpha value is -0.790. The fraction of sp³-hybridized carbons (Fsp3) is 0.893. The van der Waals surface area contributed by atoms with Crippen LogP contribution in [0.5, 0.6) is 0 Å². The van der Waals surface area contributed by atoms with Gasteiger partial charge in [-0.3, -0.25) is 4.79 Å². The Bertz CT molecular complexity index is 824. The van der Waals surface area contributed by atoms with Crippen LogP contribution < -0.4 is 0 Å². The third kappa shape index (κ3) is 3.75. The molecule has 194 valence electrons. The highest BCUT2D eigenvalue weighted by molar-refractivity contribution is 5.95. The van der Waals surface area contributed by atoms with Gasteiger partial charge < -0.3 is 25.5 Å². The first-order valence-electron chi connectivity index (χ1n) is 13.4. The maximum Gasteiger partial charge on any atom is 0.159 e. The summed E-state index contributed by atoms with van der Waals surface area (Å²) in [6.45, 7) is 10.5. The van der Waals surface area contributed by atoms with Crippen molar-refractivity contribution in [2.75, 3.05) is 6.61 Å². The molecule has 0 amide bonds. The first-order valence-corrected chi connectivity index (χ1v) is 13.4. The number of allylic oxidation sites excluding steroid dienone is 1. The molecule has 4 aliphatic carbocycles. The van der Waals surface area contributed by atoms with E-state index in [0.29, 0.717) is 19.3 Å². The van der Waals surface area contributed by atoms with Crippen molar-refractivity contribution >= 4 is 5.78 Å². The van der Waals surface area contributed by atoms with Crippen molar-refractivity contribution in [1.82, 2.24) is 0 Å². The molecule has 3 saturated carbocycles. The SMILES string of the molecule is CC(C)[C@@H](CO)C[C@@H](O)[C@@H](C)[C@H]1CC[C@@]2(O)C3=CC(=O)[C@@H]4C[C@@H](O)[C@@H](O)C[C@]4(C)[C@H]3CC[C@]12C. The molecule has 0 aromatic rings. The van der Waals surface area contributed by atoms with E-state index in [1.165, 1.54) is 0 Å². The number of ketones is 1. The minimum Gasteiger partial charge on any atom is -0.396 e. The molecule has 0 radical (unpaired) electrons. The Morgan fingerprint density at radius 2 is 1.74 bits per heavy atom. The fourth-order valence-corrected chi connectivity index (χ4v) is 8.60. The number of aliphatic hydroxyl groups excluding tert-OH is 4. The van der Waals surface area contributed by atoms with E-state index < -0.39 is 34.7 Å². The van der Waals surface area contributed by atoms with E-state index in [9.17, 15) is 30.3 Å². The van der Waals surface area contributed by atoms with Crippen LogP contribution in [0.2, 0.25) is 0 Å². The highest BCUT2D eigenvalue weighted by Crippen LogP contribution is 2.68. The van der Waals surface area contributed by atoms with Crippen LogP contribution in [-0.4, -0.2) is 61.8 Å². The predicted molar refractivity (Wildman–Crippen MR) is 130 cm³/mol. The lowest BCUT2D eigenvalue weighted by atomic mass is 9.46. The average Bonchev–Trinajstić information content (AvgIpc) is 3.04. The van der Waals surface area contributed by atoms with Crippen LogP contribution in [0.1, 0.15) is 79.6 Å². The van der Waals surface area contributed by atoms with E-state index in [2.05, 4.69) is 34.6 Å². The third-order valence-corrected chi connectivity index (χ3v) is 11.2. The molecule has 0 aromatic heterocycles. The fourth-order valence-electron chi connectivity index (χ4n) is 8.60. The third-order valence-electron chi connectivity index (χ3n) is 11.2. The number of aliphatic hydroxyl groups is 5. The van der Waals surface area contributed by atoms with Crippen LogP contribution in [0, 0.1) is 46.3 Å². The molecule has 0 spiro atoms. The Morgan fingerprint density at radius 1 is 1.06 bits per heavy atom. The first kappa shape index (κ1) is 26.3. The normalized spacial score (nSPS) is 46.9. The van der Waals surface area contributed by atoms with Crippen LogP contribution in [0.3, 0.4) is 0 Å². The van der Waals surface area contributed by atoms with Gasteiger partial charge in [0.2, 0.25) is 0 Å². The maximum atomic E-state index is 13.3. The van der Waals surface area contributed by atoms with Crippen molar-refractivity contribution in [3.63, 3.8) is 0 Å². The number of carbonyl (C=O) groups is 1. The second-order valence-electron chi connectivity index (χ2n) is 13.0. The minimum atomic E-state index is -1.10. The van der Waals surface area contributed by atoms with Gasteiger partial charge in [0.05, 0.1) is 23.9 Å². The summed E-state index contributed by atoms with van der Waals surface area (Å²) in [4.78, 5) is 13.3. The molecule has 4 rings (SSSR count). The van der Waals surface area contributed by atoms with E-state index in [1.54, 1.807) is 6.08 Å². The van der Waals surface area contributed by atoms with Gasteiger partial charge in [-0.1, -0.05) is 34.6 Å². The van der Waals surface area contributed by atoms with Crippen molar-refractivity contribution < 1.29 is 30.3 Å². The molecule has 0 heterocycles. The Balaban J connectivity index is 1.63. The van der Waals surface area contributed by atoms with Crippen molar-refractivity contribution in [3.8, 4) is 0 Å². The van der Waals surface area contributed by atoms with E-state index in [-0.39, 0.29) is 54.3 Å². The highest BCUT2D eigenvalue weighted by Gasteiger charge is 2.67. The van der Waals surface area contributed by atoms with Crippen molar-refractivity contribution in [3.05, 3.63) is 11.6 Å². The van der Waals surface area contributed by atoms with Crippen LogP contribution >= 0.6 is 0 Å². The Morgan fingerprint density at radius 3 is 2.35 bits per heavy atom. The summed E-state index contributed by atoms with van der Waals surface area (Å²) in [7, 11) is 0. The molecule has 0 aliphatic heterocycles. The number of fused-ring (bicyclic) bond motifs is 5. The van der Waals surface area contributed by atoms with E-state index >= 15 is 0 Å². The molecule has 6 nitrogen and oxygen atoms in total. The molecule has 0 bridgehead atoms. The minimum absolute atomic E-state index is 0.00844. The van der Waals surface area contributed by atoms with Crippen LogP contribution in [-0.2, 0) is 4.79 Å². The van der Waals surface area contributed by atoms with Gasteiger partial charge in [0.15, 0.2) is 5.78 Å². The number of hydrogen-bond donors (Lipinski definition) is 5. The van der Waals surface area contributed by atoms with E-state index in [4.69, 9.17) is 0 Å². The molecule has 5 N–H and O–H groups in total. The second-order valence-corrected chi connectivity index (χ2v) is 13.0. The number of carbonyl (C=O) groups excluding carboxylic acids is 1. The lowest BCUT2D eigenvalue weighted by molar-refractivity contribution is -0.154. The molecule has 11 atom stereocenters. The molecular formula is C28H46O6.